The predicted molar refractivity (Wildman–Crippen MR) is 124 cm³/mol. The molecule has 1 fully saturated rings. The summed E-state index contributed by atoms with van der Waals surface area (Å²) >= 11 is 6.00. The molecule has 2 atom stereocenters. The van der Waals surface area contributed by atoms with Gasteiger partial charge in [0.25, 0.3) is 5.91 Å². The molecule has 0 unspecified atom stereocenters. The fraction of sp³-hybridized carbons (Fsp3) is 0.269. The molecular formula is C26H24ClF3N2O. The minimum atomic E-state index is -4.63. The number of alkyl halides is 3. The zero-order valence-electron chi connectivity index (χ0n) is 17.8. The van der Waals surface area contributed by atoms with Gasteiger partial charge in [0.1, 0.15) is 0 Å². The van der Waals surface area contributed by atoms with Crippen LogP contribution in [0.4, 0.5) is 13.2 Å². The van der Waals surface area contributed by atoms with Crippen molar-refractivity contribution in [3.8, 4) is 11.1 Å². The Balaban J connectivity index is 1.63. The highest BCUT2D eigenvalue weighted by atomic mass is 35.5. The second kappa shape index (κ2) is 9.98. The molecule has 0 spiro atoms. The van der Waals surface area contributed by atoms with Crippen molar-refractivity contribution >= 4 is 17.5 Å². The smallest absolute Gasteiger partial charge is 0.344 e. The van der Waals surface area contributed by atoms with Crippen molar-refractivity contribution in [2.75, 3.05) is 6.54 Å². The third-order valence-corrected chi connectivity index (χ3v) is 6.37. The van der Waals surface area contributed by atoms with Gasteiger partial charge in [-0.1, -0.05) is 78.7 Å². The van der Waals surface area contributed by atoms with E-state index in [4.69, 9.17) is 11.6 Å². The van der Waals surface area contributed by atoms with Crippen LogP contribution in [-0.4, -0.2) is 18.5 Å². The van der Waals surface area contributed by atoms with Gasteiger partial charge in [-0.3, -0.25) is 4.79 Å². The second-order valence-corrected chi connectivity index (χ2v) is 8.54. The van der Waals surface area contributed by atoms with E-state index >= 15 is 0 Å². The third-order valence-electron chi connectivity index (χ3n) is 5.96. The molecule has 3 aromatic rings. The summed E-state index contributed by atoms with van der Waals surface area (Å²) < 4.78 is 39.8. The summed E-state index contributed by atoms with van der Waals surface area (Å²) in [4.78, 5) is 13.1. The van der Waals surface area contributed by atoms with Gasteiger partial charge >= 0.3 is 6.18 Å². The lowest BCUT2D eigenvalue weighted by Crippen LogP contribution is -2.46. The van der Waals surface area contributed by atoms with E-state index in [0.717, 1.165) is 48.6 Å². The predicted octanol–water partition coefficient (Wildman–Crippen LogP) is 6.64. The van der Waals surface area contributed by atoms with Crippen LogP contribution in [0, 0.1) is 0 Å². The number of benzene rings is 3. The van der Waals surface area contributed by atoms with E-state index in [1.807, 2.05) is 54.6 Å². The molecule has 1 heterocycles. The Bertz CT molecular complexity index is 1090. The van der Waals surface area contributed by atoms with Gasteiger partial charge in [0.2, 0.25) is 0 Å². The maximum Gasteiger partial charge on any atom is 0.417 e. The molecule has 0 aliphatic carbocycles. The van der Waals surface area contributed by atoms with Crippen LogP contribution in [0.3, 0.4) is 0 Å². The Morgan fingerprint density at radius 2 is 1.64 bits per heavy atom. The Hall–Kier alpha value is -2.83. The maximum absolute atomic E-state index is 13.3. The molecule has 1 amide bonds. The number of rotatable bonds is 5. The van der Waals surface area contributed by atoms with E-state index in [1.165, 1.54) is 12.1 Å². The Morgan fingerprint density at radius 1 is 0.939 bits per heavy atom. The number of hydrogen-bond donors (Lipinski definition) is 2. The molecular weight excluding hydrogens is 449 g/mol. The van der Waals surface area contributed by atoms with Crippen molar-refractivity contribution in [1.82, 2.24) is 10.6 Å². The van der Waals surface area contributed by atoms with Crippen LogP contribution in [0.2, 0.25) is 5.02 Å². The van der Waals surface area contributed by atoms with Gasteiger partial charge in [0.05, 0.1) is 22.2 Å². The van der Waals surface area contributed by atoms with Crippen LogP contribution >= 0.6 is 11.6 Å². The van der Waals surface area contributed by atoms with Gasteiger partial charge in [-0.25, -0.2) is 0 Å². The van der Waals surface area contributed by atoms with Gasteiger partial charge in [0.15, 0.2) is 0 Å². The first-order chi connectivity index (χ1) is 15.8. The molecule has 33 heavy (non-hydrogen) atoms. The first-order valence-corrected chi connectivity index (χ1v) is 11.3. The highest BCUT2D eigenvalue weighted by Crippen LogP contribution is 2.36. The molecule has 1 aliphatic heterocycles. The number of hydrogen-bond acceptors (Lipinski definition) is 2. The highest BCUT2D eigenvalue weighted by molar-refractivity contribution is 6.34. The number of halogens is 4. The number of nitrogens with one attached hydrogen (secondary N) is 2. The molecule has 4 rings (SSSR count). The van der Waals surface area contributed by atoms with E-state index < -0.39 is 28.7 Å². The molecule has 0 aromatic heterocycles. The lowest BCUT2D eigenvalue weighted by molar-refractivity contribution is -0.137. The normalized spacial score (nSPS) is 17.4. The van der Waals surface area contributed by atoms with Crippen molar-refractivity contribution < 1.29 is 18.0 Å². The van der Waals surface area contributed by atoms with Crippen LogP contribution in [-0.2, 0) is 6.18 Å². The van der Waals surface area contributed by atoms with Crippen LogP contribution < -0.4 is 10.6 Å². The molecule has 3 aromatic carbocycles. The molecule has 7 heteroatoms. The summed E-state index contributed by atoms with van der Waals surface area (Å²) in [5.41, 5.74) is 1.80. The number of piperidine rings is 1. The number of amides is 1. The zero-order valence-corrected chi connectivity index (χ0v) is 18.6. The van der Waals surface area contributed by atoms with Crippen molar-refractivity contribution in [3.63, 3.8) is 0 Å². The summed E-state index contributed by atoms with van der Waals surface area (Å²) in [5, 5.41) is 5.80. The van der Waals surface area contributed by atoms with E-state index in [0.29, 0.717) is 0 Å². The minimum Gasteiger partial charge on any atom is -0.344 e. The lowest BCUT2D eigenvalue weighted by Gasteiger charge is -2.32. The van der Waals surface area contributed by atoms with Gasteiger partial charge in [-0.05, 0) is 48.2 Å². The fourth-order valence-electron chi connectivity index (χ4n) is 4.24. The van der Waals surface area contributed by atoms with Crippen LogP contribution in [0.15, 0.2) is 72.8 Å². The van der Waals surface area contributed by atoms with Crippen molar-refractivity contribution in [3.05, 3.63) is 94.5 Å². The largest absolute Gasteiger partial charge is 0.417 e. The Labute approximate surface area is 196 Å². The Morgan fingerprint density at radius 3 is 2.27 bits per heavy atom. The lowest BCUT2D eigenvalue weighted by atomic mass is 9.91. The molecule has 0 bridgehead atoms. The van der Waals surface area contributed by atoms with E-state index in [-0.39, 0.29) is 11.6 Å². The van der Waals surface area contributed by atoms with Crippen LogP contribution in [0.5, 0.6) is 0 Å². The molecule has 2 N–H and O–H groups in total. The van der Waals surface area contributed by atoms with Gasteiger partial charge in [-0.15, -0.1) is 0 Å². The Kier molecular flexibility index (Phi) is 7.05. The molecule has 0 saturated carbocycles. The summed E-state index contributed by atoms with van der Waals surface area (Å²) in [5.74, 6) is -0.629. The van der Waals surface area contributed by atoms with Gasteiger partial charge in [-0.2, -0.15) is 13.2 Å². The number of carbonyl (C=O) groups is 1. The van der Waals surface area contributed by atoms with Crippen molar-refractivity contribution in [1.29, 1.82) is 0 Å². The fourth-order valence-corrected chi connectivity index (χ4v) is 4.56. The number of carbonyl (C=O) groups excluding carboxylic acids is 1. The molecule has 3 nitrogen and oxygen atoms in total. The highest BCUT2D eigenvalue weighted by Gasteiger charge is 2.35. The first-order valence-electron chi connectivity index (χ1n) is 10.9. The van der Waals surface area contributed by atoms with Gasteiger partial charge in [0, 0.05) is 6.04 Å². The topological polar surface area (TPSA) is 41.1 Å². The third kappa shape index (κ3) is 5.40. The van der Waals surface area contributed by atoms with E-state index in [9.17, 15) is 18.0 Å². The van der Waals surface area contributed by atoms with E-state index in [2.05, 4.69) is 10.6 Å². The molecule has 0 radical (unpaired) electrons. The molecule has 1 aliphatic rings. The molecule has 172 valence electrons. The summed E-state index contributed by atoms with van der Waals surface area (Å²) in [6.45, 7) is 0.823. The zero-order chi connectivity index (χ0) is 23.4. The van der Waals surface area contributed by atoms with E-state index in [1.54, 1.807) is 0 Å². The minimum absolute atomic E-state index is 0.0325. The average Bonchev–Trinajstić information content (AvgIpc) is 2.83. The SMILES string of the molecule is O=C(N[C@@H](c1ccc(-c2ccccc2)cc1)[C@@H]1CCCCN1)c1cccc(C(F)(F)F)c1Cl. The summed E-state index contributed by atoms with van der Waals surface area (Å²) in [6, 6.07) is 20.8. The average molecular weight is 473 g/mol. The molecule has 1 saturated heterocycles. The van der Waals surface area contributed by atoms with Crippen molar-refractivity contribution in [2.24, 2.45) is 0 Å². The van der Waals surface area contributed by atoms with Crippen LogP contribution in [0.1, 0.15) is 46.8 Å². The monoisotopic (exact) mass is 472 g/mol. The standard InChI is InChI=1S/C26H24ClF3N2O/c27-23-20(9-6-10-21(23)26(28,29)30)25(33)32-24(22-11-4-5-16-31-22)19-14-12-18(13-15-19)17-7-2-1-3-8-17/h1-3,6-10,12-15,22,24,31H,4-5,11,16H2,(H,32,33)/t22-,24-/m0/s1. The first kappa shape index (κ1) is 23.3. The van der Waals surface area contributed by atoms with Gasteiger partial charge < -0.3 is 10.6 Å². The summed E-state index contributed by atoms with van der Waals surface area (Å²) in [6.07, 6.45) is -1.73. The van der Waals surface area contributed by atoms with Crippen LogP contribution in [0.25, 0.3) is 11.1 Å². The second-order valence-electron chi connectivity index (χ2n) is 8.16. The quantitative estimate of drug-likeness (QED) is 0.437. The maximum atomic E-state index is 13.3. The summed E-state index contributed by atoms with van der Waals surface area (Å²) in [7, 11) is 0. The van der Waals surface area contributed by atoms with Crippen molar-refractivity contribution in [2.45, 2.75) is 37.5 Å².